The van der Waals surface area contributed by atoms with E-state index in [1.165, 1.54) is 6.92 Å². The van der Waals surface area contributed by atoms with Gasteiger partial charge in [-0.15, -0.1) is 0 Å². The van der Waals surface area contributed by atoms with E-state index in [1.54, 1.807) is 34.0 Å². The molecule has 1 saturated heterocycles. The number of amides is 2. The Hall–Kier alpha value is -4.37. The monoisotopic (exact) mass is 743 g/mol. The fraction of sp³-hybridized carbons (Fsp3) is 0.658. The highest BCUT2D eigenvalue weighted by molar-refractivity contribution is 5.87. The molecule has 2 amide bonds. The topological polar surface area (TPSA) is 188 Å². The van der Waals surface area contributed by atoms with Crippen LogP contribution < -0.4 is 20.1 Å². The number of nitrogens with zero attached hydrogens (tertiary/aromatic N) is 1. The second kappa shape index (κ2) is 15.5. The van der Waals surface area contributed by atoms with E-state index >= 15 is 0 Å². The average Bonchev–Trinajstić information content (AvgIpc) is 3.43. The summed E-state index contributed by atoms with van der Waals surface area (Å²) in [6.45, 7) is 10.9. The molecule has 2 aliphatic carbocycles. The highest BCUT2D eigenvalue weighted by Gasteiger charge is 2.72. The number of rotatable bonds is 14. The molecule has 6 atom stereocenters. The van der Waals surface area contributed by atoms with Crippen molar-refractivity contribution in [1.29, 1.82) is 0 Å². The molecule has 2 bridgehead atoms. The van der Waals surface area contributed by atoms with Gasteiger partial charge in [0.05, 0.1) is 31.2 Å². The van der Waals surface area contributed by atoms with Crippen molar-refractivity contribution in [2.24, 2.45) is 5.92 Å². The molecule has 15 heteroatoms. The van der Waals surface area contributed by atoms with Gasteiger partial charge in [0.2, 0.25) is 5.91 Å². The number of nitrogens with one attached hydrogen (secondary N) is 2. The fourth-order valence-corrected chi connectivity index (χ4v) is 7.81. The first-order valence-corrected chi connectivity index (χ1v) is 18.2. The Morgan fingerprint density at radius 2 is 1.83 bits per heavy atom. The Labute approximate surface area is 310 Å². The number of carbonyl (C=O) groups is 5. The van der Waals surface area contributed by atoms with E-state index in [-0.39, 0.29) is 56.6 Å². The Morgan fingerprint density at radius 3 is 2.51 bits per heavy atom. The molecular weight excluding hydrogens is 690 g/mol. The minimum absolute atomic E-state index is 0.0644. The number of methoxy groups -OCH3 is 1. The first-order chi connectivity index (χ1) is 24.9. The summed E-state index contributed by atoms with van der Waals surface area (Å²) in [6, 6.07) is 2.54. The van der Waals surface area contributed by atoms with Crippen LogP contribution in [0, 0.1) is 5.92 Å². The van der Waals surface area contributed by atoms with Crippen LogP contribution in [0.5, 0.6) is 11.5 Å². The highest BCUT2D eigenvalue weighted by Crippen LogP contribution is 2.65. The molecule has 5 rings (SSSR count). The molecule has 0 saturated carbocycles. The van der Waals surface area contributed by atoms with Crippen LogP contribution in [0.2, 0.25) is 0 Å². The van der Waals surface area contributed by atoms with E-state index in [9.17, 15) is 29.1 Å². The van der Waals surface area contributed by atoms with Crippen LogP contribution in [0.15, 0.2) is 24.0 Å². The van der Waals surface area contributed by atoms with Gasteiger partial charge in [-0.2, -0.15) is 0 Å². The molecule has 1 aromatic carbocycles. The molecular formula is C38H53N3O12. The van der Waals surface area contributed by atoms with Crippen molar-refractivity contribution < 1.29 is 57.5 Å². The van der Waals surface area contributed by atoms with Crippen LogP contribution >= 0.6 is 0 Å². The number of hydrogen-bond acceptors (Lipinski definition) is 13. The van der Waals surface area contributed by atoms with Crippen molar-refractivity contribution in [3.05, 3.63) is 35.1 Å². The van der Waals surface area contributed by atoms with Crippen LogP contribution in [0.25, 0.3) is 0 Å². The fourth-order valence-electron chi connectivity index (χ4n) is 7.81. The first-order valence-electron chi connectivity index (χ1n) is 18.2. The van der Waals surface area contributed by atoms with Gasteiger partial charge >= 0.3 is 24.0 Å². The normalized spacial score (nSPS) is 25.1. The third-order valence-corrected chi connectivity index (χ3v) is 10.3. The predicted octanol–water partition coefficient (Wildman–Crippen LogP) is 2.83. The number of hydrogen-bond donors (Lipinski definition) is 3. The summed E-state index contributed by atoms with van der Waals surface area (Å²) >= 11 is 0. The molecule has 1 fully saturated rings. The van der Waals surface area contributed by atoms with Gasteiger partial charge in [0, 0.05) is 31.0 Å². The van der Waals surface area contributed by atoms with E-state index < -0.39 is 64.8 Å². The third-order valence-electron chi connectivity index (χ3n) is 10.3. The van der Waals surface area contributed by atoms with E-state index in [4.69, 9.17) is 28.4 Å². The molecule has 1 spiro atoms. The van der Waals surface area contributed by atoms with Crippen LogP contribution in [0.1, 0.15) is 84.8 Å². The molecule has 0 radical (unpaired) electrons. The highest BCUT2D eigenvalue weighted by atomic mass is 16.6. The Morgan fingerprint density at radius 1 is 1.09 bits per heavy atom. The molecule has 1 aromatic rings. The van der Waals surface area contributed by atoms with Gasteiger partial charge in [0.25, 0.3) is 0 Å². The number of piperidine rings is 1. The number of likely N-dealkylation sites (tertiary alicyclic amines) is 1. The standard InChI is InChI=1S/C38H53N3O12/c1-21(2)20-49-28(42)12-10-24(40-35(46)53-36(4,5)6)33(44)39-17-14-29(43)50-22(3)34(45)51-26-13-15-38(47)27-19-23-9-11-25(48-8)31-30(23)37(38,32(26)52-31)16-18-41(27)7/h9,11,13,21-22,24,27,32,47H,10,12,14-20H2,1-8H3,(H,39,44)(H,40,46)/t22-,24+,27+,32-,37-,38+/m0/s1. The maximum atomic E-state index is 13.3. The molecule has 0 aromatic heterocycles. The molecule has 0 unspecified atom stereocenters. The number of ether oxygens (including phenoxy) is 6. The van der Waals surface area contributed by atoms with Crippen molar-refractivity contribution in [3.8, 4) is 11.5 Å². The summed E-state index contributed by atoms with van der Waals surface area (Å²) in [5.74, 6) is -1.33. The minimum Gasteiger partial charge on any atom is -0.493 e. The third kappa shape index (κ3) is 8.10. The molecule has 2 aliphatic heterocycles. The summed E-state index contributed by atoms with van der Waals surface area (Å²) < 4.78 is 33.8. The van der Waals surface area contributed by atoms with Crippen molar-refractivity contribution in [1.82, 2.24) is 15.5 Å². The van der Waals surface area contributed by atoms with E-state index in [0.717, 1.165) is 11.1 Å². The molecule has 53 heavy (non-hydrogen) atoms. The number of alkyl carbamates (subject to hydrolysis) is 1. The quantitative estimate of drug-likeness (QED) is 0.187. The second-order valence-electron chi connectivity index (χ2n) is 15.7. The zero-order chi connectivity index (χ0) is 38.9. The summed E-state index contributed by atoms with van der Waals surface area (Å²) in [4.78, 5) is 65.9. The number of likely N-dealkylation sites (N-methyl/N-ethyl adjacent to an activating group) is 1. The lowest BCUT2D eigenvalue weighted by atomic mass is 9.50. The van der Waals surface area contributed by atoms with Gasteiger partial charge in [-0.1, -0.05) is 19.9 Å². The SMILES string of the molecule is COc1ccc2c3c1O[C@H]1C(OC(=O)[C@H](C)OC(=O)CCNC(=O)[C@@H](CCC(=O)OCC(C)C)NC(=O)OC(C)(C)C)=CC[C@@]4(O)[C@@H](C2)N(C)CC[C@]314. The van der Waals surface area contributed by atoms with Gasteiger partial charge in [-0.05, 0) is 84.2 Å². The van der Waals surface area contributed by atoms with Crippen LogP contribution in [-0.4, -0.2) is 109 Å². The maximum absolute atomic E-state index is 13.3. The molecule has 4 aliphatic rings. The molecule has 3 N–H and O–H groups in total. The second-order valence-corrected chi connectivity index (χ2v) is 15.7. The minimum atomic E-state index is -1.30. The summed E-state index contributed by atoms with van der Waals surface area (Å²) in [5, 5.41) is 17.4. The molecule has 2 heterocycles. The largest absolute Gasteiger partial charge is 0.493 e. The predicted molar refractivity (Wildman–Crippen MR) is 189 cm³/mol. The summed E-state index contributed by atoms with van der Waals surface area (Å²) in [6.07, 6.45) is -0.320. The Kier molecular flexibility index (Phi) is 11.7. The van der Waals surface area contributed by atoms with Crippen molar-refractivity contribution in [2.75, 3.05) is 33.9 Å². The number of benzene rings is 1. The van der Waals surface area contributed by atoms with Crippen molar-refractivity contribution in [2.45, 2.75) is 121 Å². The molecule has 292 valence electrons. The van der Waals surface area contributed by atoms with Crippen molar-refractivity contribution >= 4 is 29.9 Å². The Balaban J connectivity index is 1.17. The van der Waals surface area contributed by atoms with Crippen LogP contribution in [0.3, 0.4) is 0 Å². The van der Waals surface area contributed by atoms with Gasteiger partial charge in [0.1, 0.15) is 17.4 Å². The van der Waals surface area contributed by atoms with E-state index in [1.807, 2.05) is 33.0 Å². The Bertz CT molecular complexity index is 1640. The van der Waals surface area contributed by atoms with Crippen LogP contribution in [0.4, 0.5) is 4.79 Å². The smallest absolute Gasteiger partial charge is 0.408 e. The van der Waals surface area contributed by atoms with Crippen LogP contribution in [-0.2, 0) is 50.0 Å². The lowest BCUT2D eigenvalue weighted by molar-refractivity contribution is -0.175. The lowest BCUT2D eigenvalue weighted by Crippen LogP contribution is -2.74. The zero-order valence-electron chi connectivity index (χ0n) is 31.9. The van der Waals surface area contributed by atoms with E-state index in [2.05, 4.69) is 15.5 Å². The van der Waals surface area contributed by atoms with Crippen molar-refractivity contribution in [3.63, 3.8) is 0 Å². The van der Waals surface area contributed by atoms with E-state index in [0.29, 0.717) is 30.9 Å². The summed E-state index contributed by atoms with van der Waals surface area (Å²) in [5.41, 5.74) is -0.910. The number of carbonyl (C=O) groups excluding carboxylic acids is 5. The van der Waals surface area contributed by atoms with Gasteiger partial charge < -0.3 is 49.1 Å². The summed E-state index contributed by atoms with van der Waals surface area (Å²) in [7, 11) is 3.56. The van der Waals surface area contributed by atoms with Gasteiger partial charge in [0.15, 0.2) is 23.7 Å². The molecule has 15 nitrogen and oxygen atoms in total. The first kappa shape index (κ1) is 39.8. The maximum Gasteiger partial charge on any atom is 0.408 e. The van der Waals surface area contributed by atoms with Gasteiger partial charge in [-0.25, -0.2) is 9.59 Å². The number of aliphatic hydroxyl groups is 1. The number of esters is 3. The van der Waals surface area contributed by atoms with Gasteiger partial charge in [-0.3, -0.25) is 14.4 Å². The lowest BCUT2D eigenvalue weighted by Gasteiger charge is -2.61. The average molecular weight is 744 g/mol. The zero-order valence-corrected chi connectivity index (χ0v) is 31.9.